The summed E-state index contributed by atoms with van der Waals surface area (Å²) in [7, 11) is 0. The Morgan fingerprint density at radius 2 is 2.31 bits per heavy atom. The summed E-state index contributed by atoms with van der Waals surface area (Å²) in [5.74, 6) is -0.687. The van der Waals surface area contributed by atoms with Crippen LogP contribution in [0.15, 0.2) is 24.3 Å². The molecule has 1 amide bonds. The molecule has 0 saturated carbocycles. The molecule has 0 aliphatic carbocycles. The lowest BCUT2D eigenvalue weighted by molar-refractivity contribution is -0.170. The van der Waals surface area contributed by atoms with E-state index in [0.717, 1.165) is 6.42 Å². The van der Waals surface area contributed by atoms with Crippen LogP contribution in [0.2, 0.25) is 0 Å². The van der Waals surface area contributed by atoms with Crippen LogP contribution in [0.1, 0.15) is 6.42 Å². The van der Waals surface area contributed by atoms with Gasteiger partial charge in [0.2, 0.25) is 0 Å². The van der Waals surface area contributed by atoms with Crippen molar-refractivity contribution in [2.45, 2.75) is 6.42 Å². The number of ether oxygens (including phenoxy) is 1. The van der Waals surface area contributed by atoms with Crippen LogP contribution in [0.4, 0.5) is 4.39 Å². The molecular weight excluding hydrogens is 213 g/mol. The van der Waals surface area contributed by atoms with Crippen LogP contribution in [-0.4, -0.2) is 30.7 Å². The lowest BCUT2D eigenvalue weighted by atomic mass is 10.3. The molecule has 2 rings (SSSR count). The minimum atomic E-state index is -0.474. The van der Waals surface area contributed by atoms with Crippen LogP contribution in [0, 0.1) is 5.82 Å². The zero-order chi connectivity index (χ0) is 11.4. The highest BCUT2D eigenvalue weighted by Gasteiger charge is 2.19. The van der Waals surface area contributed by atoms with Gasteiger partial charge in [-0.3, -0.25) is 9.63 Å². The van der Waals surface area contributed by atoms with Crippen LogP contribution in [-0.2, 0) is 9.63 Å². The Morgan fingerprint density at radius 3 is 3.00 bits per heavy atom. The third kappa shape index (κ3) is 2.49. The van der Waals surface area contributed by atoms with Gasteiger partial charge in [0.15, 0.2) is 18.2 Å². The Kier molecular flexibility index (Phi) is 3.36. The smallest absolute Gasteiger partial charge is 0.283 e. The molecular formula is C11H12FNO3. The summed E-state index contributed by atoms with van der Waals surface area (Å²) in [5.41, 5.74) is 0. The number of carbonyl (C=O) groups excluding carboxylic acids is 1. The lowest BCUT2D eigenvalue weighted by Crippen LogP contribution is -2.31. The second kappa shape index (κ2) is 4.94. The maximum Gasteiger partial charge on any atom is 0.283 e. The zero-order valence-corrected chi connectivity index (χ0v) is 8.69. The third-order valence-electron chi connectivity index (χ3n) is 2.22. The molecule has 1 aliphatic rings. The second-order valence-electron chi connectivity index (χ2n) is 3.40. The number of amides is 1. The zero-order valence-electron chi connectivity index (χ0n) is 8.69. The predicted octanol–water partition coefficient (Wildman–Crippen LogP) is 1.37. The van der Waals surface area contributed by atoms with E-state index in [-0.39, 0.29) is 18.3 Å². The molecule has 0 spiro atoms. The molecule has 0 atom stereocenters. The van der Waals surface area contributed by atoms with Gasteiger partial charge in [0.05, 0.1) is 13.2 Å². The summed E-state index contributed by atoms with van der Waals surface area (Å²) in [6, 6.07) is 5.97. The highest BCUT2D eigenvalue weighted by Crippen LogP contribution is 2.15. The van der Waals surface area contributed by atoms with Gasteiger partial charge in [-0.25, -0.2) is 9.45 Å². The first-order valence-electron chi connectivity index (χ1n) is 5.08. The SMILES string of the molecule is O=C(COc1ccccc1F)N1CCCO1. The molecule has 1 aromatic rings. The molecule has 0 N–H and O–H groups in total. The summed E-state index contributed by atoms with van der Waals surface area (Å²) < 4.78 is 18.2. The van der Waals surface area contributed by atoms with Gasteiger partial charge < -0.3 is 4.74 Å². The fourth-order valence-electron chi connectivity index (χ4n) is 1.42. The van der Waals surface area contributed by atoms with Crippen LogP contribution in [0.3, 0.4) is 0 Å². The van der Waals surface area contributed by atoms with E-state index in [1.807, 2.05) is 0 Å². The molecule has 1 saturated heterocycles. The Morgan fingerprint density at radius 1 is 1.50 bits per heavy atom. The monoisotopic (exact) mass is 225 g/mol. The molecule has 5 heteroatoms. The minimum Gasteiger partial charge on any atom is -0.481 e. The molecule has 1 aliphatic heterocycles. The summed E-state index contributed by atoms with van der Waals surface area (Å²) in [4.78, 5) is 16.5. The lowest BCUT2D eigenvalue weighted by Gasteiger charge is -2.14. The van der Waals surface area contributed by atoms with Crippen molar-refractivity contribution in [1.82, 2.24) is 5.06 Å². The summed E-state index contributed by atoms with van der Waals surface area (Å²) >= 11 is 0. The van der Waals surface area contributed by atoms with E-state index in [2.05, 4.69) is 0 Å². The van der Waals surface area contributed by atoms with E-state index in [9.17, 15) is 9.18 Å². The van der Waals surface area contributed by atoms with Crippen molar-refractivity contribution in [2.75, 3.05) is 19.8 Å². The quantitative estimate of drug-likeness (QED) is 0.779. The first kappa shape index (κ1) is 10.9. The predicted molar refractivity (Wildman–Crippen MR) is 54.2 cm³/mol. The minimum absolute atomic E-state index is 0.0787. The van der Waals surface area contributed by atoms with Crippen LogP contribution in [0.25, 0.3) is 0 Å². The molecule has 1 heterocycles. The van der Waals surface area contributed by atoms with Crippen molar-refractivity contribution < 1.29 is 18.8 Å². The van der Waals surface area contributed by atoms with Crippen molar-refractivity contribution in [2.24, 2.45) is 0 Å². The van der Waals surface area contributed by atoms with E-state index < -0.39 is 5.82 Å². The maximum absolute atomic E-state index is 13.1. The highest BCUT2D eigenvalue weighted by molar-refractivity contribution is 5.76. The summed E-state index contributed by atoms with van der Waals surface area (Å²) in [6.45, 7) is 0.909. The van der Waals surface area contributed by atoms with Gasteiger partial charge in [0.1, 0.15) is 0 Å². The molecule has 0 aromatic heterocycles. The molecule has 1 aromatic carbocycles. The molecule has 86 valence electrons. The topological polar surface area (TPSA) is 38.8 Å². The van der Waals surface area contributed by atoms with E-state index in [4.69, 9.17) is 9.57 Å². The average Bonchev–Trinajstić information content (AvgIpc) is 2.81. The van der Waals surface area contributed by atoms with Gasteiger partial charge in [-0.2, -0.15) is 0 Å². The van der Waals surface area contributed by atoms with Crippen molar-refractivity contribution in [1.29, 1.82) is 0 Å². The van der Waals surface area contributed by atoms with Gasteiger partial charge >= 0.3 is 0 Å². The van der Waals surface area contributed by atoms with E-state index in [0.29, 0.717) is 13.2 Å². The number of hydrogen-bond acceptors (Lipinski definition) is 3. The van der Waals surface area contributed by atoms with Gasteiger partial charge in [-0.15, -0.1) is 0 Å². The molecule has 16 heavy (non-hydrogen) atoms. The van der Waals surface area contributed by atoms with Crippen molar-refractivity contribution in [3.8, 4) is 5.75 Å². The largest absolute Gasteiger partial charge is 0.481 e. The van der Waals surface area contributed by atoms with Gasteiger partial charge in [0.25, 0.3) is 5.91 Å². The highest BCUT2D eigenvalue weighted by atomic mass is 19.1. The Bertz CT molecular complexity index is 377. The molecule has 0 radical (unpaired) electrons. The second-order valence-corrected chi connectivity index (χ2v) is 3.40. The number of carbonyl (C=O) groups is 1. The van der Waals surface area contributed by atoms with E-state index in [1.54, 1.807) is 12.1 Å². The third-order valence-corrected chi connectivity index (χ3v) is 2.22. The normalized spacial score (nSPS) is 15.2. The number of benzene rings is 1. The number of halogens is 1. The van der Waals surface area contributed by atoms with E-state index >= 15 is 0 Å². The average molecular weight is 225 g/mol. The van der Waals surface area contributed by atoms with Crippen LogP contribution in [0.5, 0.6) is 5.75 Å². The summed E-state index contributed by atoms with van der Waals surface area (Å²) in [6.07, 6.45) is 0.825. The fraction of sp³-hybridized carbons (Fsp3) is 0.364. The van der Waals surface area contributed by atoms with E-state index in [1.165, 1.54) is 17.2 Å². The number of rotatable bonds is 3. The maximum atomic E-state index is 13.1. The number of hydrogen-bond donors (Lipinski definition) is 0. The Balaban J connectivity index is 1.87. The molecule has 4 nitrogen and oxygen atoms in total. The van der Waals surface area contributed by atoms with Crippen molar-refractivity contribution in [3.63, 3.8) is 0 Å². The van der Waals surface area contributed by atoms with Crippen molar-refractivity contribution >= 4 is 5.91 Å². The number of nitrogens with zero attached hydrogens (tertiary/aromatic N) is 1. The van der Waals surface area contributed by atoms with Crippen LogP contribution < -0.4 is 4.74 Å². The number of hydroxylamine groups is 2. The Hall–Kier alpha value is -1.62. The molecule has 0 unspecified atom stereocenters. The molecule has 0 bridgehead atoms. The van der Waals surface area contributed by atoms with Crippen molar-refractivity contribution in [3.05, 3.63) is 30.1 Å². The fourth-order valence-corrected chi connectivity index (χ4v) is 1.42. The standard InChI is InChI=1S/C11H12FNO3/c12-9-4-1-2-5-10(9)15-8-11(14)13-6-3-7-16-13/h1-2,4-5H,3,6-8H2. The van der Waals surface area contributed by atoms with Gasteiger partial charge in [-0.1, -0.05) is 12.1 Å². The molecule has 1 fully saturated rings. The summed E-state index contributed by atoms with van der Waals surface area (Å²) in [5, 5.41) is 1.25. The van der Waals surface area contributed by atoms with Crippen LogP contribution >= 0.6 is 0 Å². The number of para-hydroxylation sites is 1. The van der Waals surface area contributed by atoms with Gasteiger partial charge in [0, 0.05) is 0 Å². The first-order chi connectivity index (χ1) is 7.77. The van der Waals surface area contributed by atoms with Gasteiger partial charge in [-0.05, 0) is 18.6 Å². The Labute approximate surface area is 92.5 Å². The first-order valence-corrected chi connectivity index (χ1v) is 5.08.